The van der Waals surface area contributed by atoms with Crippen molar-refractivity contribution in [1.82, 2.24) is 14.9 Å². The summed E-state index contributed by atoms with van der Waals surface area (Å²) in [5.74, 6) is 1.06. The van der Waals surface area contributed by atoms with Crippen molar-refractivity contribution >= 4 is 0 Å². The Balaban J connectivity index is 1.89. The number of aromatic nitrogens is 2. The smallest absolute Gasteiger partial charge is 0.105 e. The molecule has 5 nitrogen and oxygen atoms in total. The maximum Gasteiger partial charge on any atom is 0.105 e. The Labute approximate surface area is 115 Å². The molecule has 2 heterocycles. The molecule has 2 atom stereocenters. The summed E-state index contributed by atoms with van der Waals surface area (Å²) in [4.78, 5) is 4.41. The monoisotopic (exact) mass is 267 g/mol. The van der Waals surface area contributed by atoms with Crippen LogP contribution >= 0.6 is 0 Å². The second-order valence-electron chi connectivity index (χ2n) is 5.22. The molecule has 2 unspecified atom stereocenters. The average molecular weight is 267 g/mol. The van der Waals surface area contributed by atoms with Crippen molar-refractivity contribution < 1.29 is 9.47 Å². The molecule has 0 aliphatic carbocycles. The maximum absolute atomic E-state index is 5.90. The summed E-state index contributed by atoms with van der Waals surface area (Å²) in [6.45, 7) is 7.53. The van der Waals surface area contributed by atoms with E-state index in [9.17, 15) is 0 Å². The molecule has 1 aromatic rings. The summed E-state index contributed by atoms with van der Waals surface area (Å²) in [7, 11) is 1.72. The van der Waals surface area contributed by atoms with Gasteiger partial charge in [0, 0.05) is 26.4 Å². The molecule has 1 aliphatic rings. The predicted octanol–water partition coefficient (Wildman–Crippen LogP) is 1.50. The zero-order chi connectivity index (χ0) is 13.7. The molecule has 1 aromatic heterocycles. The summed E-state index contributed by atoms with van der Waals surface area (Å²) < 4.78 is 13.2. The van der Waals surface area contributed by atoms with E-state index in [1.807, 2.05) is 6.20 Å². The van der Waals surface area contributed by atoms with E-state index in [1.54, 1.807) is 7.11 Å². The highest BCUT2D eigenvalue weighted by atomic mass is 16.5. The molecule has 1 fully saturated rings. The third kappa shape index (κ3) is 4.03. The normalized spacial score (nSPS) is 23.1. The Kier molecular flexibility index (Phi) is 5.36. The number of nitrogens with one attached hydrogen (secondary N) is 1. The molecule has 108 valence electrons. The van der Waals surface area contributed by atoms with Gasteiger partial charge in [0.2, 0.25) is 0 Å². The zero-order valence-corrected chi connectivity index (χ0v) is 12.2. The third-order valence-corrected chi connectivity index (χ3v) is 3.63. The van der Waals surface area contributed by atoms with E-state index < -0.39 is 0 Å². The molecule has 1 saturated heterocycles. The Hall–Kier alpha value is -0.910. The molecule has 0 saturated carbocycles. The van der Waals surface area contributed by atoms with Crippen LogP contribution in [0, 0.1) is 6.92 Å². The molecule has 0 bridgehead atoms. The first-order valence-electron chi connectivity index (χ1n) is 7.07. The fourth-order valence-electron chi connectivity index (χ4n) is 2.52. The lowest BCUT2D eigenvalue weighted by Gasteiger charge is -2.16. The van der Waals surface area contributed by atoms with Gasteiger partial charge < -0.3 is 19.4 Å². The van der Waals surface area contributed by atoms with Gasteiger partial charge in [-0.25, -0.2) is 4.98 Å². The van der Waals surface area contributed by atoms with Gasteiger partial charge >= 0.3 is 0 Å². The van der Waals surface area contributed by atoms with Gasteiger partial charge in [-0.2, -0.15) is 0 Å². The van der Waals surface area contributed by atoms with Crippen molar-refractivity contribution in [2.75, 3.05) is 20.3 Å². The largest absolute Gasteiger partial charge is 0.383 e. The third-order valence-electron chi connectivity index (χ3n) is 3.63. The van der Waals surface area contributed by atoms with Gasteiger partial charge in [-0.05, 0) is 26.7 Å². The van der Waals surface area contributed by atoms with Gasteiger partial charge in [-0.1, -0.05) is 0 Å². The first kappa shape index (κ1) is 14.5. The molecule has 19 heavy (non-hydrogen) atoms. The van der Waals surface area contributed by atoms with Gasteiger partial charge in [0.15, 0.2) is 0 Å². The van der Waals surface area contributed by atoms with Crippen LogP contribution in [0.25, 0.3) is 0 Å². The number of ether oxygens (including phenoxy) is 2. The van der Waals surface area contributed by atoms with Crippen molar-refractivity contribution in [3.05, 3.63) is 17.7 Å². The van der Waals surface area contributed by atoms with E-state index in [4.69, 9.17) is 9.47 Å². The predicted molar refractivity (Wildman–Crippen MR) is 74.1 cm³/mol. The van der Waals surface area contributed by atoms with Crippen molar-refractivity contribution in [2.45, 2.75) is 52.0 Å². The summed E-state index contributed by atoms with van der Waals surface area (Å²) in [5, 5.41) is 3.36. The number of imidazole rings is 1. The lowest BCUT2D eigenvalue weighted by molar-refractivity contribution is 0.0449. The summed E-state index contributed by atoms with van der Waals surface area (Å²) in [6, 6.07) is 0. The van der Waals surface area contributed by atoms with Crippen LogP contribution in [0.1, 0.15) is 31.3 Å². The number of aryl methyl sites for hydroxylation is 1. The molecule has 0 aromatic carbocycles. The van der Waals surface area contributed by atoms with E-state index in [0.717, 1.165) is 38.5 Å². The van der Waals surface area contributed by atoms with Crippen LogP contribution in [0.5, 0.6) is 0 Å². The van der Waals surface area contributed by atoms with Gasteiger partial charge in [0.25, 0.3) is 0 Å². The fourth-order valence-corrected chi connectivity index (χ4v) is 2.52. The van der Waals surface area contributed by atoms with Gasteiger partial charge in [0.05, 0.1) is 31.1 Å². The van der Waals surface area contributed by atoms with E-state index in [2.05, 4.69) is 28.7 Å². The van der Waals surface area contributed by atoms with Gasteiger partial charge in [-0.3, -0.25) is 0 Å². The molecule has 0 spiro atoms. The van der Waals surface area contributed by atoms with Crippen LogP contribution in [0.4, 0.5) is 0 Å². The second kappa shape index (κ2) is 7.03. The van der Waals surface area contributed by atoms with E-state index in [-0.39, 0.29) is 0 Å². The minimum Gasteiger partial charge on any atom is -0.383 e. The van der Waals surface area contributed by atoms with Crippen molar-refractivity contribution in [3.8, 4) is 0 Å². The summed E-state index contributed by atoms with van der Waals surface area (Å²) in [5.41, 5.74) is 1.22. The Morgan fingerprint density at radius 3 is 3.05 bits per heavy atom. The molecular weight excluding hydrogens is 242 g/mol. The number of rotatable bonds is 7. The van der Waals surface area contributed by atoms with Crippen LogP contribution in [0.3, 0.4) is 0 Å². The van der Waals surface area contributed by atoms with Crippen LogP contribution < -0.4 is 5.32 Å². The Morgan fingerprint density at radius 1 is 1.53 bits per heavy atom. The van der Waals surface area contributed by atoms with Crippen LogP contribution in [-0.2, 0) is 22.6 Å². The van der Waals surface area contributed by atoms with Crippen LogP contribution in [0.2, 0.25) is 0 Å². The minimum absolute atomic E-state index is 0.334. The van der Waals surface area contributed by atoms with Crippen molar-refractivity contribution in [1.29, 1.82) is 0 Å². The van der Waals surface area contributed by atoms with E-state index in [1.165, 1.54) is 12.1 Å². The fraction of sp³-hybridized carbons (Fsp3) is 0.786. The Morgan fingerprint density at radius 2 is 2.37 bits per heavy atom. The molecule has 2 rings (SSSR count). The number of methoxy groups -OCH3 is 1. The maximum atomic E-state index is 5.90. The van der Waals surface area contributed by atoms with Crippen molar-refractivity contribution in [3.63, 3.8) is 0 Å². The summed E-state index contributed by atoms with van der Waals surface area (Å²) >= 11 is 0. The van der Waals surface area contributed by atoms with E-state index >= 15 is 0 Å². The highest BCUT2D eigenvalue weighted by Crippen LogP contribution is 2.21. The highest BCUT2D eigenvalue weighted by molar-refractivity contribution is 5.05. The minimum atomic E-state index is 0.334. The lowest BCUT2D eigenvalue weighted by Crippen LogP contribution is -2.23. The number of hydrogen-bond acceptors (Lipinski definition) is 4. The highest BCUT2D eigenvalue weighted by Gasteiger charge is 2.23. The van der Waals surface area contributed by atoms with Crippen LogP contribution in [-0.4, -0.2) is 42.0 Å². The molecule has 1 aliphatic heterocycles. The topological polar surface area (TPSA) is 48.3 Å². The number of hydrogen-bond donors (Lipinski definition) is 1. The first-order chi connectivity index (χ1) is 9.20. The molecule has 0 amide bonds. The van der Waals surface area contributed by atoms with Crippen LogP contribution in [0.15, 0.2) is 6.20 Å². The van der Waals surface area contributed by atoms with Gasteiger partial charge in [0.1, 0.15) is 5.82 Å². The van der Waals surface area contributed by atoms with Crippen molar-refractivity contribution in [2.24, 2.45) is 0 Å². The average Bonchev–Trinajstić information content (AvgIpc) is 2.95. The quantitative estimate of drug-likeness (QED) is 0.761. The SMILES string of the molecule is COCCNCc1cnc(C)n1CC1CCC(C)O1. The second-order valence-corrected chi connectivity index (χ2v) is 5.22. The Bertz CT molecular complexity index is 392. The number of nitrogens with zero attached hydrogens (tertiary/aromatic N) is 2. The lowest BCUT2D eigenvalue weighted by atomic mass is 10.2. The standard InChI is InChI=1S/C14H25N3O2/c1-11-4-5-14(19-11)10-17-12(2)16-9-13(17)8-15-6-7-18-3/h9,11,14-15H,4-8,10H2,1-3H3. The zero-order valence-electron chi connectivity index (χ0n) is 12.2. The molecular formula is C14H25N3O2. The first-order valence-corrected chi connectivity index (χ1v) is 7.07. The molecule has 5 heteroatoms. The van der Waals surface area contributed by atoms with E-state index in [0.29, 0.717) is 12.2 Å². The summed E-state index contributed by atoms with van der Waals surface area (Å²) in [6.07, 6.45) is 5.00. The van der Waals surface area contributed by atoms with Gasteiger partial charge in [-0.15, -0.1) is 0 Å². The molecule has 1 N–H and O–H groups in total. The molecule has 0 radical (unpaired) electrons.